The lowest BCUT2D eigenvalue weighted by Crippen LogP contribution is -2.24. The van der Waals surface area contributed by atoms with Gasteiger partial charge in [-0.1, -0.05) is 48.5 Å². The van der Waals surface area contributed by atoms with Gasteiger partial charge in [-0.3, -0.25) is 4.79 Å². The number of amides is 1. The van der Waals surface area contributed by atoms with Crippen molar-refractivity contribution in [3.8, 4) is 11.1 Å². The second-order valence-corrected chi connectivity index (χ2v) is 4.88. The van der Waals surface area contributed by atoms with E-state index in [0.717, 1.165) is 0 Å². The highest BCUT2D eigenvalue weighted by Gasteiger charge is 2.29. The zero-order valence-electron chi connectivity index (χ0n) is 11.0. The van der Waals surface area contributed by atoms with E-state index in [1.165, 1.54) is 22.3 Å². The minimum Gasteiger partial charge on any atom is -0.356 e. The van der Waals surface area contributed by atoms with E-state index in [1.54, 1.807) is 0 Å². The van der Waals surface area contributed by atoms with Gasteiger partial charge in [-0.05, 0) is 29.2 Å². The average Bonchev–Trinajstić information content (AvgIpc) is 2.75. The van der Waals surface area contributed by atoms with E-state index in [2.05, 4.69) is 53.8 Å². The number of hydrogen-bond acceptors (Lipinski definition) is 1. The fourth-order valence-electron chi connectivity index (χ4n) is 2.93. The Labute approximate surface area is 113 Å². The predicted octanol–water partition coefficient (Wildman–Crippen LogP) is 3.33. The number of rotatable bonds is 3. The molecule has 0 saturated heterocycles. The molecule has 2 nitrogen and oxygen atoms in total. The first-order valence-electron chi connectivity index (χ1n) is 6.76. The maximum atomic E-state index is 11.9. The molecule has 2 heteroatoms. The number of carbonyl (C=O) groups excluding carboxylic acids is 1. The molecule has 0 spiro atoms. The smallest absolute Gasteiger partial charge is 0.220 e. The molecule has 0 aromatic heterocycles. The SMILES string of the molecule is CCNC(=O)CC1c2ccccc2-c2ccccc21. The van der Waals surface area contributed by atoms with Crippen molar-refractivity contribution in [3.05, 3.63) is 59.7 Å². The number of hydrogen-bond donors (Lipinski definition) is 1. The van der Waals surface area contributed by atoms with Gasteiger partial charge in [-0.2, -0.15) is 0 Å². The van der Waals surface area contributed by atoms with Crippen molar-refractivity contribution < 1.29 is 4.79 Å². The summed E-state index contributed by atoms with van der Waals surface area (Å²) in [6, 6.07) is 16.8. The van der Waals surface area contributed by atoms with Gasteiger partial charge >= 0.3 is 0 Å². The lowest BCUT2D eigenvalue weighted by molar-refractivity contribution is -0.121. The minimum atomic E-state index is 0.124. The molecule has 19 heavy (non-hydrogen) atoms. The van der Waals surface area contributed by atoms with Crippen LogP contribution in [0.1, 0.15) is 30.4 Å². The summed E-state index contributed by atoms with van der Waals surface area (Å²) in [5.41, 5.74) is 5.09. The summed E-state index contributed by atoms with van der Waals surface area (Å²) in [5.74, 6) is 0.318. The van der Waals surface area contributed by atoms with Crippen LogP contribution in [0.25, 0.3) is 11.1 Å². The monoisotopic (exact) mass is 251 g/mol. The normalized spacial score (nSPS) is 12.9. The van der Waals surface area contributed by atoms with Crippen LogP contribution in [-0.4, -0.2) is 12.5 Å². The van der Waals surface area contributed by atoms with E-state index < -0.39 is 0 Å². The van der Waals surface area contributed by atoms with Gasteiger partial charge in [0, 0.05) is 18.9 Å². The molecule has 0 aliphatic heterocycles. The van der Waals surface area contributed by atoms with Crippen molar-refractivity contribution in [2.24, 2.45) is 0 Å². The summed E-state index contributed by atoms with van der Waals surface area (Å²) in [7, 11) is 0. The van der Waals surface area contributed by atoms with E-state index >= 15 is 0 Å². The Kier molecular flexibility index (Phi) is 3.08. The Balaban J connectivity index is 2.02. The maximum Gasteiger partial charge on any atom is 0.220 e. The molecule has 1 amide bonds. The van der Waals surface area contributed by atoms with Gasteiger partial charge in [0.15, 0.2) is 0 Å². The largest absolute Gasteiger partial charge is 0.356 e. The van der Waals surface area contributed by atoms with Crippen LogP contribution in [0.5, 0.6) is 0 Å². The second kappa shape index (κ2) is 4.88. The molecule has 1 aliphatic carbocycles. The van der Waals surface area contributed by atoms with Crippen molar-refractivity contribution in [1.82, 2.24) is 5.32 Å². The molecule has 1 N–H and O–H groups in total. The maximum absolute atomic E-state index is 11.9. The molecule has 0 radical (unpaired) electrons. The van der Waals surface area contributed by atoms with E-state index in [4.69, 9.17) is 0 Å². The van der Waals surface area contributed by atoms with Crippen LogP contribution in [0.4, 0.5) is 0 Å². The third-order valence-electron chi connectivity index (χ3n) is 3.73. The molecule has 0 fully saturated rings. The molecule has 96 valence electrons. The van der Waals surface area contributed by atoms with Crippen molar-refractivity contribution >= 4 is 5.91 Å². The van der Waals surface area contributed by atoms with Crippen LogP contribution in [0.15, 0.2) is 48.5 Å². The van der Waals surface area contributed by atoms with Crippen LogP contribution in [-0.2, 0) is 4.79 Å². The highest BCUT2D eigenvalue weighted by molar-refractivity contribution is 5.84. The quantitative estimate of drug-likeness (QED) is 0.890. The van der Waals surface area contributed by atoms with Crippen molar-refractivity contribution in [3.63, 3.8) is 0 Å². The molecule has 0 heterocycles. The van der Waals surface area contributed by atoms with Gasteiger partial charge in [0.1, 0.15) is 0 Å². The Morgan fingerprint density at radius 3 is 2.05 bits per heavy atom. The molecule has 0 unspecified atom stereocenters. The second-order valence-electron chi connectivity index (χ2n) is 4.88. The lowest BCUT2D eigenvalue weighted by atomic mass is 9.93. The van der Waals surface area contributed by atoms with Crippen LogP contribution in [0, 0.1) is 0 Å². The Bertz CT molecular complexity index is 573. The summed E-state index contributed by atoms with van der Waals surface area (Å²) in [5, 5.41) is 2.90. The van der Waals surface area contributed by atoms with E-state index in [-0.39, 0.29) is 11.8 Å². The molecule has 0 saturated carbocycles. The van der Waals surface area contributed by atoms with Gasteiger partial charge in [-0.15, -0.1) is 0 Å². The molecule has 0 bridgehead atoms. The van der Waals surface area contributed by atoms with Gasteiger partial charge in [0.2, 0.25) is 5.91 Å². The fourth-order valence-corrected chi connectivity index (χ4v) is 2.93. The van der Waals surface area contributed by atoms with Gasteiger partial charge in [0.25, 0.3) is 0 Å². The summed E-state index contributed by atoms with van der Waals surface area (Å²) in [4.78, 5) is 11.9. The molecule has 2 aromatic rings. The van der Waals surface area contributed by atoms with Crippen LogP contribution in [0.3, 0.4) is 0 Å². The summed E-state index contributed by atoms with van der Waals surface area (Å²) in [6.45, 7) is 2.64. The summed E-state index contributed by atoms with van der Waals surface area (Å²) in [6.07, 6.45) is 0.530. The molecular weight excluding hydrogens is 234 g/mol. The summed E-state index contributed by atoms with van der Waals surface area (Å²) >= 11 is 0. The molecule has 0 atom stereocenters. The zero-order valence-corrected chi connectivity index (χ0v) is 11.0. The van der Waals surface area contributed by atoms with E-state index in [9.17, 15) is 4.79 Å². The number of nitrogens with one attached hydrogen (secondary N) is 1. The number of carbonyl (C=O) groups is 1. The molecule has 3 rings (SSSR count). The average molecular weight is 251 g/mol. The van der Waals surface area contributed by atoms with Gasteiger partial charge in [0.05, 0.1) is 0 Å². The van der Waals surface area contributed by atoms with Crippen molar-refractivity contribution in [1.29, 1.82) is 0 Å². The topological polar surface area (TPSA) is 29.1 Å². The van der Waals surface area contributed by atoms with Crippen LogP contribution < -0.4 is 5.32 Å². The zero-order chi connectivity index (χ0) is 13.2. The third-order valence-corrected chi connectivity index (χ3v) is 3.73. The van der Waals surface area contributed by atoms with Crippen molar-refractivity contribution in [2.45, 2.75) is 19.3 Å². The summed E-state index contributed by atoms with van der Waals surface area (Å²) < 4.78 is 0. The van der Waals surface area contributed by atoms with Gasteiger partial charge < -0.3 is 5.32 Å². The van der Waals surface area contributed by atoms with E-state index in [0.29, 0.717) is 13.0 Å². The lowest BCUT2D eigenvalue weighted by Gasteiger charge is -2.12. The minimum absolute atomic E-state index is 0.124. The highest BCUT2D eigenvalue weighted by Crippen LogP contribution is 2.45. The number of fused-ring (bicyclic) bond motifs is 3. The first kappa shape index (κ1) is 12.0. The molecule has 1 aliphatic rings. The first-order chi connectivity index (χ1) is 9.31. The Hall–Kier alpha value is -2.09. The van der Waals surface area contributed by atoms with Gasteiger partial charge in [-0.25, -0.2) is 0 Å². The standard InChI is InChI=1S/C17H17NO/c1-2-18-17(19)11-16-14-9-5-3-7-12(14)13-8-4-6-10-15(13)16/h3-10,16H,2,11H2,1H3,(H,18,19). The Morgan fingerprint density at radius 2 is 1.53 bits per heavy atom. The van der Waals surface area contributed by atoms with E-state index in [1.807, 2.05) is 6.92 Å². The predicted molar refractivity (Wildman–Crippen MR) is 77.0 cm³/mol. The van der Waals surface area contributed by atoms with Crippen molar-refractivity contribution in [2.75, 3.05) is 6.54 Å². The molecular formula is C17H17NO. The highest BCUT2D eigenvalue weighted by atomic mass is 16.1. The first-order valence-corrected chi connectivity index (χ1v) is 6.76. The fraction of sp³-hybridized carbons (Fsp3) is 0.235. The Morgan fingerprint density at radius 1 is 1.00 bits per heavy atom. The van der Waals surface area contributed by atoms with Crippen LogP contribution in [0.2, 0.25) is 0 Å². The number of benzene rings is 2. The third kappa shape index (κ3) is 2.03. The molecule has 2 aromatic carbocycles. The van der Waals surface area contributed by atoms with Crippen LogP contribution >= 0.6 is 0 Å².